The highest BCUT2D eigenvalue weighted by Crippen LogP contribution is 2.03. The van der Waals surface area contributed by atoms with Crippen molar-refractivity contribution >= 4 is 12.0 Å². The van der Waals surface area contributed by atoms with Gasteiger partial charge in [0.15, 0.2) is 0 Å². The second-order valence-electron chi connectivity index (χ2n) is 3.66. The van der Waals surface area contributed by atoms with Gasteiger partial charge in [-0.05, 0) is 18.6 Å². The fourth-order valence-corrected chi connectivity index (χ4v) is 1.28. The lowest BCUT2D eigenvalue weighted by Gasteiger charge is -2.16. The molecule has 1 aromatic heterocycles. The minimum absolute atomic E-state index is 0.0577. The molecule has 17 heavy (non-hydrogen) atoms. The zero-order valence-corrected chi connectivity index (χ0v) is 9.68. The third-order valence-corrected chi connectivity index (χ3v) is 2.16. The molecule has 0 fully saturated rings. The van der Waals surface area contributed by atoms with Crippen molar-refractivity contribution in [1.29, 1.82) is 0 Å². The van der Waals surface area contributed by atoms with Gasteiger partial charge >= 0.3 is 12.0 Å². The van der Waals surface area contributed by atoms with Crippen LogP contribution in [0.2, 0.25) is 0 Å². The molecule has 0 aliphatic carbocycles. The van der Waals surface area contributed by atoms with Crippen molar-refractivity contribution in [1.82, 2.24) is 10.2 Å². The van der Waals surface area contributed by atoms with Crippen molar-refractivity contribution in [2.75, 3.05) is 13.6 Å². The summed E-state index contributed by atoms with van der Waals surface area (Å²) >= 11 is 0. The van der Waals surface area contributed by atoms with Crippen LogP contribution in [0.25, 0.3) is 0 Å². The number of amides is 2. The molecule has 1 heterocycles. The lowest BCUT2D eigenvalue weighted by atomic mass is 10.3. The number of hydrogen-bond donors (Lipinski definition) is 2. The third-order valence-electron chi connectivity index (χ3n) is 2.16. The van der Waals surface area contributed by atoms with Gasteiger partial charge in [0, 0.05) is 20.0 Å². The first kappa shape index (κ1) is 13.1. The second-order valence-corrected chi connectivity index (χ2v) is 3.66. The van der Waals surface area contributed by atoms with E-state index in [0.29, 0.717) is 25.3 Å². The number of urea groups is 1. The Hall–Kier alpha value is -1.98. The smallest absolute Gasteiger partial charge is 0.317 e. The maximum absolute atomic E-state index is 11.5. The fraction of sp³-hybridized carbons (Fsp3) is 0.455. The van der Waals surface area contributed by atoms with Gasteiger partial charge in [-0.2, -0.15) is 0 Å². The van der Waals surface area contributed by atoms with Crippen LogP contribution in [0.4, 0.5) is 4.79 Å². The van der Waals surface area contributed by atoms with Gasteiger partial charge in [0.05, 0.1) is 12.8 Å². The molecule has 1 rings (SSSR count). The Balaban J connectivity index is 2.20. The van der Waals surface area contributed by atoms with Gasteiger partial charge in [0.25, 0.3) is 0 Å². The molecule has 0 aliphatic rings. The van der Waals surface area contributed by atoms with E-state index in [9.17, 15) is 9.59 Å². The second kappa shape index (κ2) is 6.57. The van der Waals surface area contributed by atoms with Crippen LogP contribution in [-0.4, -0.2) is 35.6 Å². The Bertz CT molecular complexity index is 362. The van der Waals surface area contributed by atoms with Gasteiger partial charge in [0.1, 0.15) is 5.76 Å². The average molecular weight is 240 g/mol. The van der Waals surface area contributed by atoms with Crippen LogP contribution >= 0.6 is 0 Å². The molecule has 0 radical (unpaired) electrons. The number of carbonyl (C=O) groups excluding carboxylic acids is 1. The predicted molar refractivity (Wildman–Crippen MR) is 60.4 cm³/mol. The molecule has 0 atom stereocenters. The molecular formula is C11H16N2O4. The van der Waals surface area contributed by atoms with Crippen molar-refractivity contribution in [2.24, 2.45) is 0 Å². The van der Waals surface area contributed by atoms with Crippen molar-refractivity contribution in [2.45, 2.75) is 19.4 Å². The van der Waals surface area contributed by atoms with Gasteiger partial charge in [-0.25, -0.2) is 4.79 Å². The van der Waals surface area contributed by atoms with Crippen molar-refractivity contribution in [3.63, 3.8) is 0 Å². The molecule has 2 amide bonds. The molecule has 0 saturated carbocycles. The Kier molecular flexibility index (Phi) is 5.06. The first-order chi connectivity index (χ1) is 8.09. The number of hydrogen-bond acceptors (Lipinski definition) is 3. The van der Waals surface area contributed by atoms with E-state index >= 15 is 0 Å². The molecule has 1 aromatic rings. The number of nitrogens with zero attached hydrogens (tertiary/aromatic N) is 1. The highest BCUT2D eigenvalue weighted by molar-refractivity contribution is 5.73. The first-order valence-electron chi connectivity index (χ1n) is 5.32. The van der Waals surface area contributed by atoms with Crippen LogP contribution in [-0.2, 0) is 11.3 Å². The normalized spacial score (nSPS) is 9.94. The zero-order chi connectivity index (χ0) is 12.7. The number of furan rings is 1. The van der Waals surface area contributed by atoms with Crippen LogP contribution in [0.15, 0.2) is 22.8 Å². The summed E-state index contributed by atoms with van der Waals surface area (Å²) in [5.41, 5.74) is 0. The van der Waals surface area contributed by atoms with E-state index in [1.54, 1.807) is 25.4 Å². The van der Waals surface area contributed by atoms with E-state index in [1.807, 2.05) is 0 Å². The monoisotopic (exact) mass is 240 g/mol. The summed E-state index contributed by atoms with van der Waals surface area (Å²) in [7, 11) is 1.65. The van der Waals surface area contributed by atoms with E-state index in [2.05, 4.69) is 5.32 Å². The number of rotatable bonds is 6. The molecule has 6 heteroatoms. The molecular weight excluding hydrogens is 224 g/mol. The van der Waals surface area contributed by atoms with Crippen molar-refractivity contribution < 1.29 is 19.1 Å². The van der Waals surface area contributed by atoms with Gasteiger partial charge in [-0.1, -0.05) is 0 Å². The number of aliphatic carboxylic acids is 1. The largest absolute Gasteiger partial charge is 0.481 e. The van der Waals surface area contributed by atoms with Gasteiger partial charge in [-0.3, -0.25) is 4.79 Å². The molecule has 0 spiro atoms. The summed E-state index contributed by atoms with van der Waals surface area (Å²) in [5.74, 6) is -0.156. The molecule has 0 bridgehead atoms. The summed E-state index contributed by atoms with van der Waals surface area (Å²) < 4.78 is 5.11. The van der Waals surface area contributed by atoms with Gasteiger partial charge in [-0.15, -0.1) is 0 Å². The van der Waals surface area contributed by atoms with Crippen LogP contribution in [0.3, 0.4) is 0 Å². The lowest BCUT2D eigenvalue weighted by molar-refractivity contribution is -0.137. The van der Waals surface area contributed by atoms with Crippen LogP contribution < -0.4 is 5.32 Å². The summed E-state index contributed by atoms with van der Waals surface area (Å²) in [6, 6.07) is 3.30. The number of carboxylic acid groups (broad SMARTS) is 1. The molecule has 2 N–H and O–H groups in total. The average Bonchev–Trinajstić information content (AvgIpc) is 2.76. The Morgan fingerprint density at radius 2 is 2.29 bits per heavy atom. The minimum Gasteiger partial charge on any atom is -0.481 e. The first-order valence-corrected chi connectivity index (χ1v) is 5.32. The SMILES string of the molecule is CN(Cc1ccco1)C(=O)NCCCC(=O)O. The van der Waals surface area contributed by atoms with Crippen LogP contribution in [0.5, 0.6) is 0 Å². The predicted octanol–water partition coefficient (Wildman–Crippen LogP) is 1.29. The maximum Gasteiger partial charge on any atom is 0.317 e. The van der Waals surface area contributed by atoms with Crippen LogP contribution in [0, 0.1) is 0 Å². The summed E-state index contributed by atoms with van der Waals surface area (Å²) in [6.07, 6.45) is 2.03. The standard InChI is InChI=1S/C11H16N2O4/c1-13(8-9-4-3-7-17-9)11(16)12-6-2-5-10(14)15/h3-4,7H,2,5-6,8H2,1H3,(H,12,16)(H,14,15). The highest BCUT2D eigenvalue weighted by Gasteiger charge is 2.09. The van der Waals surface area contributed by atoms with Gasteiger partial charge < -0.3 is 19.7 Å². The Morgan fingerprint density at radius 1 is 1.53 bits per heavy atom. The Labute approximate surface area is 99.2 Å². The zero-order valence-electron chi connectivity index (χ0n) is 9.68. The van der Waals surface area contributed by atoms with E-state index < -0.39 is 5.97 Å². The fourth-order valence-electron chi connectivity index (χ4n) is 1.28. The highest BCUT2D eigenvalue weighted by atomic mass is 16.4. The number of carbonyl (C=O) groups is 2. The summed E-state index contributed by atoms with van der Waals surface area (Å²) in [5, 5.41) is 11.1. The minimum atomic E-state index is -0.858. The maximum atomic E-state index is 11.5. The molecule has 0 saturated heterocycles. The van der Waals surface area contributed by atoms with E-state index in [-0.39, 0.29) is 12.5 Å². The molecule has 6 nitrogen and oxygen atoms in total. The molecule has 94 valence electrons. The Morgan fingerprint density at radius 3 is 2.88 bits per heavy atom. The topological polar surface area (TPSA) is 82.8 Å². The van der Waals surface area contributed by atoms with Crippen LogP contribution in [0.1, 0.15) is 18.6 Å². The summed E-state index contributed by atoms with van der Waals surface area (Å²) in [6.45, 7) is 0.741. The lowest BCUT2D eigenvalue weighted by Crippen LogP contribution is -2.37. The third kappa shape index (κ3) is 5.05. The van der Waals surface area contributed by atoms with E-state index in [1.165, 1.54) is 4.90 Å². The quantitative estimate of drug-likeness (QED) is 0.734. The van der Waals surface area contributed by atoms with Gasteiger partial charge in [0.2, 0.25) is 0 Å². The van der Waals surface area contributed by atoms with E-state index in [4.69, 9.17) is 9.52 Å². The van der Waals surface area contributed by atoms with Crippen molar-refractivity contribution in [3.8, 4) is 0 Å². The number of nitrogens with one attached hydrogen (secondary N) is 1. The summed E-state index contributed by atoms with van der Waals surface area (Å²) in [4.78, 5) is 23.3. The molecule has 0 aliphatic heterocycles. The van der Waals surface area contributed by atoms with E-state index in [0.717, 1.165) is 0 Å². The molecule has 0 unspecified atom stereocenters. The molecule has 0 aromatic carbocycles. The number of carboxylic acids is 1. The van der Waals surface area contributed by atoms with Crippen molar-refractivity contribution in [3.05, 3.63) is 24.2 Å².